The van der Waals surface area contributed by atoms with Crippen molar-refractivity contribution in [3.63, 3.8) is 0 Å². The number of hydrogen-bond acceptors (Lipinski definition) is 4. The first-order valence-corrected chi connectivity index (χ1v) is 11.1. The predicted octanol–water partition coefficient (Wildman–Crippen LogP) is 2.36. The van der Waals surface area contributed by atoms with Crippen LogP contribution in [-0.4, -0.2) is 62.6 Å². The minimum Gasteiger partial charge on any atom is -0.343 e. The minimum absolute atomic E-state index is 0.130. The maximum absolute atomic E-state index is 12.7. The van der Waals surface area contributed by atoms with Crippen LogP contribution >= 0.6 is 0 Å². The SMILES string of the molecule is CC(=O)N1CCc2nnc(C3CCN(C(=O)CC4CCCCC4)CC3)n2CC1. The molecule has 2 aliphatic heterocycles. The molecule has 1 saturated carbocycles. The molecule has 7 heteroatoms. The lowest BCUT2D eigenvalue weighted by molar-refractivity contribution is -0.133. The average Bonchev–Trinajstić information content (AvgIpc) is 2.99. The lowest BCUT2D eigenvalue weighted by Gasteiger charge is -2.33. The van der Waals surface area contributed by atoms with Gasteiger partial charge in [0, 0.05) is 58.4 Å². The van der Waals surface area contributed by atoms with E-state index in [4.69, 9.17) is 0 Å². The molecule has 0 N–H and O–H groups in total. The second-order valence-electron chi connectivity index (χ2n) is 8.75. The summed E-state index contributed by atoms with van der Waals surface area (Å²) < 4.78 is 2.23. The highest BCUT2D eigenvalue weighted by Crippen LogP contribution is 2.30. The van der Waals surface area contributed by atoms with E-state index in [0.717, 1.165) is 70.1 Å². The molecule has 1 saturated heterocycles. The molecule has 0 atom stereocenters. The van der Waals surface area contributed by atoms with E-state index in [1.54, 1.807) is 6.92 Å². The second-order valence-corrected chi connectivity index (χ2v) is 8.75. The van der Waals surface area contributed by atoms with Crippen molar-refractivity contribution in [3.8, 4) is 0 Å². The van der Waals surface area contributed by atoms with Crippen molar-refractivity contribution in [1.82, 2.24) is 24.6 Å². The van der Waals surface area contributed by atoms with Crippen molar-refractivity contribution in [3.05, 3.63) is 11.6 Å². The van der Waals surface area contributed by atoms with Gasteiger partial charge in [-0.05, 0) is 31.6 Å². The Hall–Kier alpha value is -1.92. The Morgan fingerprint density at radius 3 is 2.36 bits per heavy atom. The van der Waals surface area contributed by atoms with Gasteiger partial charge < -0.3 is 14.4 Å². The van der Waals surface area contributed by atoms with Crippen molar-refractivity contribution in [2.24, 2.45) is 5.92 Å². The van der Waals surface area contributed by atoms with E-state index in [-0.39, 0.29) is 5.91 Å². The lowest BCUT2D eigenvalue weighted by Crippen LogP contribution is -2.39. The Labute approximate surface area is 167 Å². The molecule has 1 aromatic rings. The van der Waals surface area contributed by atoms with Crippen LogP contribution in [0.2, 0.25) is 0 Å². The molecule has 0 radical (unpaired) electrons. The largest absolute Gasteiger partial charge is 0.343 e. The third-order valence-electron chi connectivity index (χ3n) is 6.90. The van der Waals surface area contributed by atoms with Gasteiger partial charge >= 0.3 is 0 Å². The Morgan fingerprint density at radius 2 is 1.64 bits per heavy atom. The van der Waals surface area contributed by atoms with Crippen molar-refractivity contribution in [2.45, 2.75) is 77.2 Å². The standard InChI is InChI=1S/C21H33N5O2/c1-16(27)24-12-9-19-22-23-21(26(19)14-13-24)18-7-10-25(11-8-18)20(28)15-17-5-3-2-4-6-17/h17-18H,2-15H2,1H3. The molecule has 0 bridgehead atoms. The van der Waals surface area contributed by atoms with Crippen LogP contribution in [0.25, 0.3) is 0 Å². The first kappa shape index (κ1) is 19.4. The van der Waals surface area contributed by atoms with Crippen LogP contribution in [0.4, 0.5) is 0 Å². The van der Waals surface area contributed by atoms with Crippen LogP contribution in [0.15, 0.2) is 0 Å². The van der Waals surface area contributed by atoms with E-state index >= 15 is 0 Å². The second kappa shape index (κ2) is 8.62. The number of amides is 2. The van der Waals surface area contributed by atoms with Gasteiger partial charge in [0.05, 0.1) is 0 Å². The molecule has 7 nitrogen and oxygen atoms in total. The van der Waals surface area contributed by atoms with Crippen LogP contribution in [-0.2, 0) is 22.6 Å². The molecule has 1 aliphatic carbocycles. The maximum atomic E-state index is 12.7. The van der Waals surface area contributed by atoms with Gasteiger partial charge in [-0.2, -0.15) is 0 Å². The molecule has 0 aromatic carbocycles. The van der Waals surface area contributed by atoms with E-state index in [1.165, 1.54) is 32.1 Å². The first-order valence-electron chi connectivity index (χ1n) is 11.1. The summed E-state index contributed by atoms with van der Waals surface area (Å²) >= 11 is 0. The number of carbonyl (C=O) groups is 2. The zero-order chi connectivity index (χ0) is 19.5. The zero-order valence-corrected chi connectivity index (χ0v) is 17.1. The molecule has 0 unspecified atom stereocenters. The summed E-state index contributed by atoms with van der Waals surface area (Å²) in [6, 6.07) is 0. The number of carbonyl (C=O) groups excluding carboxylic acids is 2. The minimum atomic E-state index is 0.130. The molecule has 3 heterocycles. The highest BCUT2D eigenvalue weighted by Gasteiger charge is 2.30. The highest BCUT2D eigenvalue weighted by atomic mass is 16.2. The number of rotatable bonds is 3. The summed E-state index contributed by atoms with van der Waals surface area (Å²) in [4.78, 5) is 28.4. The first-order chi connectivity index (χ1) is 13.6. The summed E-state index contributed by atoms with van der Waals surface area (Å²) in [5, 5.41) is 8.91. The maximum Gasteiger partial charge on any atom is 0.222 e. The molecule has 28 heavy (non-hydrogen) atoms. The molecule has 154 valence electrons. The average molecular weight is 388 g/mol. The van der Waals surface area contributed by atoms with Crippen molar-refractivity contribution in [2.75, 3.05) is 26.2 Å². The number of piperidine rings is 1. The molecule has 2 amide bonds. The van der Waals surface area contributed by atoms with Gasteiger partial charge in [0.25, 0.3) is 0 Å². The Bertz CT molecular complexity index is 702. The van der Waals surface area contributed by atoms with Gasteiger partial charge in [-0.25, -0.2) is 0 Å². The van der Waals surface area contributed by atoms with E-state index in [2.05, 4.69) is 19.7 Å². The summed E-state index contributed by atoms with van der Waals surface area (Å²) in [5.41, 5.74) is 0. The van der Waals surface area contributed by atoms with Crippen molar-refractivity contribution < 1.29 is 9.59 Å². The van der Waals surface area contributed by atoms with Gasteiger partial charge in [-0.1, -0.05) is 19.3 Å². The third-order valence-corrected chi connectivity index (χ3v) is 6.90. The van der Waals surface area contributed by atoms with Crippen LogP contribution in [0.5, 0.6) is 0 Å². The lowest BCUT2D eigenvalue weighted by atomic mass is 9.86. The van der Waals surface area contributed by atoms with Crippen LogP contribution in [0.3, 0.4) is 0 Å². The van der Waals surface area contributed by atoms with E-state index in [9.17, 15) is 9.59 Å². The van der Waals surface area contributed by atoms with Gasteiger partial charge in [0.2, 0.25) is 11.8 Å². The fourth-order valence-electron chi connectivity index (χ4n) is 5.12. The molecular formula is C21H33N5O2. The molecule has 2 fully saturated rings. The number of hydrogen-bond donors (Lipinski definition) is 0. The van der Waals surface area contributed by atoms with Gasteiger partial charge in [0.1, 0.15) is 11.6 Å². The highest BCUT2D eigenvalue weighted by molar-refractivity contribution is 5.76. The zero-order valence-electron chi connectivity index (χ0n) is 17.1. The number of fused-ring (bicyclic) bond motifs is 1. The normalized spacial score (nSPS) is 22.0. The Kier molecular flexibility index (Phi) is 5.97. The fourth-order valence-corrected chi connectivity index (χ4v) is 5.12. The number of nitrogens with zero attached hydrogens (tertiary/aromatic N) is 5. The molecular weight excluding hydrogens is 354 g/mol. The smallest absolute Gasteiger partial charge is 0.222 e. The van der Waals surface area contributed by atoms with E-state index in [0.29, 0.717) is 17.7 Å². The predicted molar refractivity (Wildman–Crippen MR) is 106 cm³/mol. The summed E-state index contributed by atoms with van der Waals surface area (Å²) in [6.07, 6.45) is 9.81. The van der Waals surface area contributed by atoms with E-state index < -0.39 is 0 Å². The van der Waals surface area contributed by atoms with Crippen LogP contribution in [0, 0.1) is 5.92 Å². The fraction of sp³-hybridized carbons (Fsp3) is 0.810. The third kappa shape index (κ3) is 4.23. The summed E-state index contributed by atoms with van der Waals surface area (Å²) in [7, 11) is 0. The Balaban J connectivity index is 1.33. The number of likely N-dealkylation sites (tertiary alicyclic amines) is 1. The number of aromatic nitrogens is 3. The van der Waals surface area contributed by atoms with Crippen LogP contribution < -0.4 is 0 Å². The van der Waals surface area contributed by atoms with Gasteiger partial charge in [-0.3, -0.25) is 9.59 Å². The molecule has 1 aromatic heterocycles. The monoisotopic (exact) mass is 387 g/mol. The Morgan fingerprint density at radius 1 is 0.893 bits per heavy atom. The summed E-state index contributed by atoms with van der Waals surface area (Å²) in [6.45, 7) is 5.52. The van der Waals surface area contributed by atoms with Gasteiger partial charge in [0.15, 0.2) is 0 Å². The molecule has 4 rings (SSSR count). The van der Waals surface area contributed by atoms with E-state index in [1.807, 2.05) is 4.90 Å². The van der Waals surface area contributed by atoms with Gasteiger partial charge in [-0.15, -0.1) is 10.2 Å². The molecule has 0 spiro atoms. The van der Waals surface area contributed by atoms with Crippen molar-refractivity contribution in [1.29, 1.82) is 0 Å². The topological polar surface area (TPSA) is 71.3 Å². The van der Waals surface area contributed by atoms with Crippen molar-refractivity contribution >= 4 is 11.8 Å². The summed E-state index contributed by atoms with van der Waals surface area (Å²) in [5.74, 6) is 3.50. The van der Waals surface area contributed by atoms with Crippen LogP contribution in [0.1, 0.15) is 75.9 Å². The quantitative estimate of drug-likeness (QED) is 0.798. The molecule has 3 aliphatic rings.